The summed E-state index contributed by atoms with van der Waals surface area (Å²) in [6, 6.07) is 15.8. The minimum Gasteiger partial charge on any atom is -0.494 e. The monoisotopic (exact) mass is 906 g/mol. The second-order valence-electron chi connectivity index (χ2n) is 13.4. The molecule has 0 unspecified atom stereocenters. The van der Waals surface area contributed by atoms with Crippen LogP contribution in [0.2, 0.25) is 0 Å². The highest BCUT2D eigenvalue weighted by Gasteiger charge is 2.18. The van der Waals surface area contributed by atoms with E-state index in [-0.39, 0.29) is 63.7 Å². The molecule has 2 amide bonds. The lowest BCUT2D eigenvalue weighted by molar-refractivity contribution is -0.133. The molecule has 0 aliphatic rings. The Morgan fingerprint density at radius 1 is 0.523 bits per heavy atom. The molecular formula is C43H50N6O16. The second-order valence-corrected chi connectivity index (χ2v) is 13.4. The number of ketones is 2. The molecule has 1 aromatic heterocycles. The number of nitrogens with one attached hydrogen (secondary N) is 2. The number of alkyl carbamates (subject to hydrolysis) is 2. The summed E-state index contributed by atoms with van der Waals surface area (Å²) in [5.74, 6) is -3.79. The van der Waals surface area contributed by atoms with Gasteiger partial charge in [-0.3, -0.25) is 9.59 Å². The van der Waals surface area contributed by atoms with E-state index in [4.69, 9.17) is 28.4 Å². The van der Waals surface area contributed by atoms with Gasteiger partial charge >= 0.3 is 41.2 Å². The molecule has 0 aliphatic carbocycles. The van der Waals surface area contributed by atoms with Gasteiger partial charge in [-0.25, -0.2) is 52.1 Å². The first-order valence-electron chi connectivity index (χ1n) is 20.5. The van der Waals surface area contributed by atoms with Gasteiger partial charge in [0.15, 0.2) is 0 Å². The first-order chi connectivity index (χ1) is 31.5. The molecule has 22 heteroatoms. The molecule has 3 rings (SSSR count). The number of esters is 2. The number of amides is 2. The van der Waals surface area contributed by atoms with Gasteiger partial charge in [-0.15, -0.1) is 0 Å². The van der Waals surface area contributed by atoms with Crippen LogP contribution in [0.15, 0.2) is 105 Å². The molecule has 22 nitrogen and oxygen atoms in total. The van der Waals surface area contributed by atoms with Crippen molar-refractivity contribution in [2.24, 2.45) is 4.99 Å². The van der Waals surface area contributed by atoms with Gasteiger partial charge in [-0.1, -0.05) is 86.3 Å². The number of aliphatic imine (C=N–C) groups is 1. The zero-order valence-corrected chi connectivity index (χ0v) is 35.4. The number of isocyanates is 1. The van der Waals surface area contributed by atoms with Crippen LogP contribution in [0.3, 0.4) is 0 Å². The van der Waals surface area contributed by atoms with Gasteiger partial charge in [-0.2, -0.15) is 4.99 Å². The Morgan fingerprint density at radius 3 is 1.34 bits per heavy atom. The third-order valence-electron chi connectivity index (χ3n) is 8.78. The number of aromatic nitrogens is 3. The van der Waals surface area contributed by atoms with Crippen molar-refractivity contribution in [3.8, 4) is 0 Å². The van der Waals surface area contributed by atoms with Crippen LogP contribution in [-0.4, -0.2) is 95.0 Å². The fourth-order valence-electron chi connectivity index (χ4n) is 5.55. The topological polar surface area (TPSA) is 277 Å². The third-order valence-corrected chi connectivity index (χ3v) is 8.78. The van der Waals surface area contributed by atoms with Crippen molar-refractivity contribution < 1.29 is 62.0 Å². The van der Waals surface area contributed by atoms with Gasteiger partial charge in [0.2, 0.25) is 6.08 Å². The molecule has 348 valence electrons. The van der Waals surface area contributed by atoms with Crippen LogP contribution >= 0.6 is 0 Å². The molecule has 0 atom stereocenters. The third kappa shape index (κ3) is 19.4. The van der Waals surface area contributed by atoms with E-state index in [9.17, 15) is 47.9 Å². The summed E-state index contributed by atoms with van der Waals surface area (Å²) in [6.45, 7) is -0.365. The van der Waals surface area contributed by atoms with Crippen LogP contribution < -0.4 is 27.7 Å². The van der Waals surface area contributed by atoms with Crippen molar-refractivity contribution in [2.75, 3.05) is 39.5 Å². The SMILES string of the molecule is O=C=NCn1c(=O)n(CCCCCCNC(=O)OCCO/C=C\OC(=O)C(=O)c2ccccc2)c(=O)n(CCCCCCNC(=O)OCCO/C=C\OC(=O)C(=O)c2ccccc2)c1=O. The second kappa shape index (κ2) is 30.2. The van der Waals surface area contributed by atoms with E-state index in [1.165, 1.54) is 30.3 Å². The summed E-state index contributed by atoms with van der Waals surface area (Å²) in [7, 11) is 0. The van der Waals surface area contributed by atoms with Crippen molar-refractivity contribution in [3.05, 3.63) is 128 Å². The van der Waals surface area contributed by atoms with Crippen molar-refractivity contribution >= 4 is 41.8 Å². The van der Waals surface area contributed by atoms with E-state index in [1.54, 1.807) is 36.4 Å². The van der Waals surface area contributed by atoms with E-state index >= 15 is 0 Å². The maximum atomic E-state index is 13.2. The number of carbonyl (C=O) groups is 6. The minimum atomic E-state index is -1.08. The van der Waals surface area contributed by atoms with Gasteiger partial charge in [0.1, 0.15) is 58.1 Å². The Hall–Kier alpha value is -7.87. The highest BCUT2D eigenvalue weighted by molar-refractivity contribution is 6.41. The average molecular weight is 907 g/mol. The van der Waals surface area contributed by atoms with E-state index in [1.807, 2.05) is 0 Å². The molecule has 0 saturated heterocycles. The molecule has 1 heterocycles. The Bertz CT molecular complexity index is 2170. The largest absolute Gasteiger partial charge is 0.494 e. The van der Waals surface area contributed by atoms with Gasteiger partial charge in [0.05, 0.1) is 0 Å². The van der Waals surface area contributed by atoms with Crippen molar-refractivity contribution in [1.29, 1.82) is 0 Å². The maximum Gasteiger partial charge on any atom is 0.407 e. The molecule has 0 aliphatic heterocycles. The van der Waals surface area contributed by atoms with Gasteiger partial charge in [0, 0.05) is 37.3 Å². The van der Waals surface area contributed by atoms with E-state index in [0.29, 0.717) is 55.9 Å². The zero-order chi connectivity index (χ0) is 47.1. The molecular weight excluding hydrogens is 856 g/mol. The van der Waals surface area contributed by atoms with Gasteiger partial charge in [0.25, 0.3) is 11.6 Å². The Balaban J connectivity index is 1.26. The molecule has 0 spiro atoms. The predicted molar refractivity (Wildman–Crippen MR) is 227 cm³/mol. The Morgan fingerprint density at radius 2 is 0.923 bits per heavy atom. The summed E-state index contributed by atoms with van der Waals surface area (Å²) in [5.41, 5.74) is -2.24. The number of ether oxygens (including phenoxy) is 6. The van der Waals surface area contributed by atoms with Crippen LogP contribution in [0.5, 0.6) is 0 Å². The molecule has 65 heavy (non-hydrogen) atoms. The lowest BCUT2D eigenvalue weighted by Gasteiger charge is -2.13. The Labute approximate surface area is 371 Å². The van der Waals surface area contributed by atoms with Crippen LogP contribution in [-0.2, 0) is 62.6 Å². The number of benzene rings is 2. The predicted octanol–water partition coefficient (Wildman–Crippen LogP) is 2.87. The number of rotatable bonds is 30. The highest BCUT2D eigenvalue weighted by Crippen LogP contribution is 2.04. The van der Waals surface area contributed by atoms with Gasteiger partial charge in [-0.05, 0) is 25.7 Å². The summed E-state index contributed by atoms with van der Waals surface area (Å²) in [4.78, 5) is 125. The zero-order valence-electron chi connectivity index (χ0n) is 35.4. The number of nitrogens with zero attached hydrogens (tertiary/aromatic N) is 4. The number of unbranched alkanes of at least 4 members (excludes halogenated alkanes) is 6. The summed E-state index contributed by atoms with van der Waals surface area (Å²) < 4.78 is 32.0. The van der Waals surface area contributed by atoms with Crippen molar-refractivity contribution in [2.45, 2.75) is 71.1 Å². The molecule has 0 radical (unpaired) electrons. The first-order valence-corrected chi connectivity index (χ1v) is 20.5. The molecule has 2 aromatic carbocycles. The van der Waals surface area contributed by atoms with E-state index in [2.05, 4.69) is 15.6 Å². The average Bonchev–Trinajstić information content (AvgIpc) is 3.31. The van der Waals surface area contributed by atoms with Crippen molar-refractivity contribution in [3.63, 3.8) is 0 Å². The van der Waals surface area contributed by atoms with Crippen LogP contribution in [0.25, 0.3) is 0 Å². The molecule has 3 aromatic rings. The number of carbonyl (C=O) groups excluding carboxylic acids is 7. The van der Waals surface area contributed by atoms with Crippen molar-refractivity contribution in [1.82, 2.24) is 24.3 Å². The normalized spacial score (nSPS) is 10.7. The molecule has 0 saturated carbocycles. The maximum absolute atomic E-state index is 13.2. The standard InChI is InChI=1S/C43H50N6O16/c50-32-44-31-49-42(58)47(21-13-3-1-11-19-45-39(55)64-29-25-60-23-27-62-37(53)35(51)33-15-7-5-8-16-33)41(57)48(43(49)59)22-14-4-2-12-20-46-40(56)65-30-26-61-24-28-63-38(54)36(52)34-17-9-6-10-18-34/h5-10,15-18,23-24,27-28H,1-4,11-14,19-22,25-26,29-31H2,(H,45,55)(H,46,56)/b27-23-,28-24-. The number of Topliss-reactive ketones (excluding diaryl/α,β-unsaturated/α-hetero) is 2. The quantitative estimate of drug-likeness (QED) is 0.0142. The number of hydrogen-bond acceptors (Lipinski definition) is 17. The summed E-state index contributed by atoms with van der Waals surface area (Å²) in [6.07, 6.45) is 8.08. The van der Waals surface area contributed by atoms with Gasteiger partial charge < -0.3 is 39.1 Å². The van der Waals surface area contributed by atoms with Crippen LogP contribution in [0.1, 0.15) is 72.1 Å². The summed E-state index contributed by atoms with van der Waals surface area (Å²) >= 11 is 0. The highest BCUT2D eigenvalue weighted by atomic mass is 16.6. The Kier molecular flexibility index (Phi) is 23.9. The minimum absolute atomic E-state index is 0.00737. The van der Waals surface area contributed by atoms with Crippen LogP contribution in [0, 0.1) is 0 Å². The lowest BCUT2D eigenvalue weighted by Crippen LogP contribution is -2.54. The molecule has 0 bridgehead atoms. The van der Waals surface area contributed by atoms with E-state index < -0.39 is 59.4 Å². The number of hydrogen-bond donors (Lipinski definition) is 2. The molecule has 2 N–H and O–H groups in total. The smallest absolute Gasteiger partial charge is 0.407 e. The molecule has 0 fully saturated rings. The summed E-state index contributed by atoms with van der Waals surface area (Å²) in [5, 5.41) is 5.16. The lowest BCUT2D eigenvalue weighted by atomic mass is 10.1. The first kappa shape index (κ1) is 51.5. The van der Waals surface area contributed by atoms with Crippen LogP contribution in [0.4, 0.5) is 9.59 Å². The fraction of sp³-hybridized carbons (Fsp3) is 0.395. The fourth-order valence-corrected chi connectivity index (χ4v) is 5.55. The van der Waals surface area contributed by atoms with E-state index in [0.717, 1.165) is 34.2 Å².